The van der Waals surface area contributed by atoms with Crippen LogP contribution in [0.1, 0.15) is 17.3 Å². The van der Waals surface area contributed by atoms with Crippen LogP contribution in [0.25, 0.3) is 11.3 Å². The van der Waals surface area contributed by atoms with Crippen LogP contribution in [0.5, 0.6) is 5.75 Å². The Morgan fingerprint density at radius 3 is 2.61 bits per heavy atom. The van der Waals surface area contributed by atoms with Gasteiger partial charge in [0.1, 0.15) is 5.75 Å². The van der Waals surface area contributed by atoms with Crippen molar-refractivity contribution in [3.63, 3.8) is 0 Å². The number of para-hydroxylation sites is 1. The van der Waals surface area contributed by atoms with Gasteiger partial charge < -0.3 is 10.1 Å². The zero-order valence-electron chi connectivity index (χ0n) is 12.7. The van der Waals surface area contributed by atoms with E-state index in [4.69, 9.17) is 4.74 Å². The van der Waals surface area contributed by atoms with Crippen LogP contribution in [0, 0.1) is 0 Å². The molecule has 116 valence electrons. The molecule has 0 radical (unpaired) electrons. The number of carbonyl (C=O) groups is 1. The second-order valence-corrected chi connectivity index (χ2v) is 4.93. The lowest BCUT2D eigenvalue weighted by atomic mass is 10.1. The Morgan fingerprint density at radius 1 is 1.13 bits per heavy atom. The molecular formula is C18H17N3O2. The smallest absolute Gasteiger partial charge is 0.259 e. The van der Waals surface area contributed by atoms with Gasteiger partial charge in [-0.2, -0.15) is 5.10 Å². The first-order valence-corrected chi connectivity index (χ1v) is 7.41. The van der Waals surface area contributed by atoms with Crippen LogP contribution in [-0.4, -0.2) is 22.7 Å². The molecule has 0 saturated carbocycles. The number of hydrogen-bond acceptors (Lipinski definition) is 3. The molecule has 1 amide bonds. The van der Waals surface area contributed by atoms with E-state index in [1.807, 2.05) is 49.4 Å². The van der Waals surface area contributed by atoms with E-state index in [1.54, 1.807) is 18.3 Å². The highest BCUT2D eigenvalue weighted by molar-refractivity contribution is 6.06. The Balaban J connectivity index is 1.75. The standard InChI is InChI=1S/C18H17N3O2/c1-2-23-17-6-4-3-5-15(17)18(22)20-14-9-7-13(8-10-14)16-11-12-19-21-16/h3-12H,2H2,1H3,(H,19,21)(H,20,22). The number of carbonyl (C=O) groups excluding carboxylic acids is 1. The summed E-state index contributed by atoms with van der Waals surface area (Å²) in [4.78, 5) is 12.4. The number of aromatic nitrogens is 2. The van der Waals surface area contributed by atoms with Crippen LogP contribution in [0.3, 0.4) is 0 Å². The van der Waals surface area contributed by atoms with Crippen LogP contribution in [0.15, 0.2) is 60.8 Å². The molecule has 2 N–H and O–H groups in total. The summed E-state index contributed by atoms with van der Waals surface area (Å²) in [6.07, 6.45) is 1.70. The second-order valence-electron chi connectivity index (χ2n) is 4.93. The van der Waals surface area contributed by atoms with E-state index in [-0.39, 0.29) is 5.91 Å². The maximum atomic E-state index is 12.4. The molecule has 5 heteroatoms. The average molecular weight is 307 g/mol. The summed E-state index contributed by atoms with van der Waals surface area (Å²) in [5.74, 6) is 0.393. The molecule has 23 heavy (non-hydrogen) atoms. The summed E-state index contributed by atoms with van der Waals surface area (Å²) in [6, 6.07) is 16.7. The van der Waals surface area contributed by atoms with Gasteiger partial charge in [0.15, 0.2) is 0 Å². The quantitative estimate of drug-likeness (QED) is 0.755. The van der Waals surface area contributed by atoms with E-state index >= 15 is 0 Å². The monoisotopic (exact) mass is 307 g/mol. The fourth-order valence-electron chi connectivity index (χ4n) is 2.28. The molecular weight excluding hydrogens is 290 g/mol. The van der Waals surface area contributed by atoms with Gasteiger partial charge in [0, 0.05) is 11.9 Å². The van der Waals surface area contributed by atoms with Gasteiger partial charge in [-0.1, -0.05) is 24.3 Å². The molecule has 2 aromatic carbocycles. The van der Waals surface area contributed by atoms with Crippen molar-refractivity contribution in [3.8, 4) is 17.0 Å². The molecule has 0 spiro atoms. The summed E-state index contributed by atoms with van der Waals surface area (Å²) in [6.45, 7) is 2.41. The molecule has 3 rings (SSSR count). The van der Waals surface area contributed by atoms with Crippen molar-refractivity contribution >= 4 is 11.6 Å². The van der Waals surface area contributed by atoms with Crippen molar-refractivity contribution in [1.29, 1.82) is 0 Å². The number of rotatable bonds is 5. The van der Waals surface area contributed by atoms with Crippen LogP contribution in [0.2, 0.25) is 0 Å². The maximum Gasteiger partial charge on any atom is 0.259 e. The van der Waals surface area contributed by atoms with Crippen molar-refractivity contribution < 1.29 is 9.53 Å². The number of aromatic amines is 1. The van der Waals surface area contributed by atoms with E-state index in [9.17, 15) is 4.79 Å². The molecule has 0 fully saturated rings. The van der Waals surface area contributed by atoms with Gasteiger partial charge in [-0.25, -0.2) is 0 Å². The van der Waals surface area contributed by atoms with Gasteiger partial charge in [0.05, 0.1) is 17.9 Å². The molecule has 0 aliphatic rings. The Labute approximate surface area is 134 Å². The lowest BCUT2D eigenvalue weighted by Gasteiger charge is -2.10. The van der Waals surface area contributed by atoms with Gasteiger partial charge in [-0.3, -0.25) is 9.89 Å². The van der Waals surface area contributed by atoms with E-state index in [1.165, 1.54) is 0 Å². The lowest BCUT2D eigenvalue weighted by molar-refractivity contribution is 0.102. The summed E-state index contributed by atoms with van der Waals surface area (Å²) in [5, 5.41) is 9.72. The highest BCUT2D eigenvalue weighted by atomic mass is 16.5. The molecule has 0 aliphatic carbocycles. The normalized spacial score (nSPS) is 10.3. The Hall–Kier alpha value is -3.08. The number of nitrogens with zero attached hydrogens (tertiary/aromatic N) is 1. The van der Waals surface area contributed by atoms with Crippen molar-refractivity contribution in [2.24, 2.45) is 0 Å². The molecule has 3 aromatic rings. The molecule has 0 atom stereocenters. The number of H-pyrrole nitrogens is 1. The first-order valence-electron chi connectivity index (χ1n) is 7.41. The summed E-state index contributed by atoms with van der Waals surface area (Å²) in [7, 11) is 0. The highest BCUT2D eigenvalue weighted by Gasteiger charge is 2.12. The van der Waals surface area contributed by atoms with Gasteiger partial charge in [-0.05, 0) is 42.8 Å². The average Bonchev–Trinajstić information content (AvgIpc) is 3.11. The largest absolute Gasteiger partial charge is 0.493 e. The number of amides is 1. The molecule has 0 saturated heterocycles. The molecule has 0 unspecified atom stereocenters. The molecule has 1 aromatic heterocycles. The third-order valence-electron chi connectivity index (χ3n) is 3.39. The Bertz CT molecular complexity index is 780. The minimum atomic E-state index is -0.191. The van der Waals surface area contributed by atoms with Gasteiger partial charge in [0.25, 0.3) is 5.91 Å². The summed E-state index contributed by atoms with van der Waals surface area (Å²) < 4.78 is 5.49. The number of hydrogen-bond donors (Lipinski definition) is 2. The first-order chi connectivity index (χ1) is 11.3. The number of nitrogens with one attached hydrogen (secondary N) is 2. The fourth-order valence-corrected chi connectivity index (χ4v) is 2.28. The van der Waals surface area contributed by atoms with Crippen LogP contribution < -0.4 is 10.1 Å². The van der Waals surface area contributed by atoms with Gasteiger partial charge in [0.2, 0.25) is 0 Å². The van der Waals surface area contributed by atoms with E-state index in [2.05, 4.69) is 15.5 Å². The Kier molecular flexibility index (Phi) is 4.38. The molecule has 0 bridgehead atoms. The van der Waals surface area contributed by atoms with Gasteiger partial charge in [-0.15, -0.1) is 0 Å². The van der Waals surface area contributed by atoms with Gasteiger partial charge >= 0.3 is 0 Å². The second kappa shape index (κ2) is 6.79. The third kappa shape index (κ3) is 3.40. The van der Waals surface area contributed by atoms with Crippen molar-refractivity contribution in [3.05, 3.63) is 66.4 Å². The highest BCUT2D eigenvalue weighted by Crippen LogP contribution is 2.22. The first kappa shape index (κ1) is 14.8. The molecule has 0 aliphatic heterocycles. The zero-order valence-corrected chi connectivity index (χ0v) is 12.7. The predicted molar refractivity (Wildman–Crippen MR) is 89.6 cm³/mol. The van der Waals surface area contributed by atoms with Crippen molar-refractivity contribution in [2.45, 2.75) is 6.92 Å². The van der Waals surface area contributed by atoms with Crippen molar-refractivity contribution in [1.82, 2.24) is 10.2 Å². The van der Waals surface area contributed by atoms with E-state index in [0.29, 0.717) is 17.9 Å². The predicted octanol–water partition coefficient (Wildman–Crippen LogP) is 3.73. The van der Waals surface area contributed by atoms with Crippen LogP contribution in [0.4, 0.5) is 5.69 Å². The third-order valence-corrected chi connectivity index (χ3v) is 3.39. The fraction of sp³-hybridized carbons (Fsp3) is 0.111. The minimum Gasteiger partial charge on any atom is -0.493 e. The number of ether oxygens (including phenoxy) is 1. The summed E-state index contributed by atoms with van der Waals surface area (Å²) >= 11 is 0. The number of anilines is 1. The van der Waals surface area contributed by atoms with Crippen LogP contribution in [-0.2, 0) is 0 Å². The zero-order chi connectivity index (χ0) is 16.1. The lowest BCUT2D eigenvalue weighted by Crippen LogP contribution is -2.13. The van der Waals surface area contributed by atoms with E-state index < -0.39 is 0 Å². The van der Waals surface area contributed by atoms with E-state index in [0.717, 1.165) is 16.9 Å². The van der Waals surface area contributed by atoms with Crippen molar-refractivity contribution in [2.75, 3.05) is 11.9 Å². The SMILES string of the molecule is CCOc1ccccc1C(=O)Nc1ccc(-c2ccn[nH]2)cc1. The minimum absolute atomic E-state index is 0.191. The number of benzene rings is 2. The Morgan fingerprint density at radius 2 is 1.91 bits per heavy atom. The molecule has 1 heterocycles. The summed E-state index contributed by atoms with van der Waals surface area (Å²) in [5.41, 5.74) is 3.19. The topological polar surface area (TPSA) is 67.0 Å². The molecule has 5 nitrogen and oxygen atoms in total. The van der Waals surface area contributed by atoms with Crippen LogP contribution >= 0.6 is 0 Å². The maximum absolute atomic E-state index is 12.4.